The van der Waals surface area contributed by atoms with Gasteiger partial charge in [-0.15, -0.1) is 0 Å². The number of hydrogen-bond donors (Lipinski definition) is 0. The summed E-state index contributed by atoms with van der Waals surface area (Å²) in [5.74, 6) is 0. The van der Waals surface area contributed by atoms with E-state index in [0.29, 0.717) is 0 Å². The van der Waals surface area contributed by atoms with Crippen molar-refractivity contribution in [3.63, 3.8) is 0 Å². The van der Waals surface area contributed by atoms with E-state index < -0.39 is 0 Å². The summed E-state index contributed by atoms with van der Waals surface area (Å²) < 4.78 is 0. The molecule has 0 saturated heterocycles. The van der Waals surface area contributed by atoms with E-state index in [9.17, 15) is 0 Å². The molecule has 0 unspecified atom stereocenters. The topological polar surface area (TPSA) is 0 Å². The Hall–Kier alpha value is 3.95. The molecule has 0 aromatic heterocycles. The fourth-order valence-corrected chi connectivity index (χ4v) is 0. The van der Waals surface area contributed by atoms with Crippen molar-refractivity contribution in [2.45, 2.75) is 0 Å². The summed E-state index contributed by atoms with van der Waals surface area (Å²) in [6.45, 7) is 0. The van der Waals surface area contributed by atoms with E-state index >= 15 is 0 Å². The smallest absolute Gasteiger partial charge is 0 e. The summed E-state index contributed by atoms with van der Waals surface area (Å²) in [5, 5.41) is 0. The minimum absolute atomic E-state index is 0. The first-order chi connectivity index (χ1) is 0. The Morgan fingerprint density at radius 3 is 1.00 bits per heavy atom. The van der Waals surface area contributed by atoms with Crippen LogP contribution in [0, 0.1) is 0 Å². The van der Waals surface area contributed by atoms with Crippen molar-refractivity contribution in [1.29, 1.82) is 0 Å². The Morgan fingerprint density at radius 2 is 1.00 bits per heavy atom. The average molecular weight is 584 g/mol. The molecule has 0 aliphatic rings. The summed E-state index contributed by atoms with van der Waals surface area (Å²) >= 11 is 0. The molecule has 6 heavy (non-hydrogen) atoms. The molecule has 6 heteroatoms. The molecule has 0 saturated carbocycles. The molecule has 0 rings (SSSR count). The Labute approximate surface area is 121 Å². The molecule has 0 fully saturated rings. The molecular formula is AsCdCrNiPbSe. The van der Waals surface area contributed by atoms with Crippen molar-refractivity contribution in [2.75, 3.05) is 0 Å². The normalized spacial score (nSPS) is 0. The van der Waals surface area contributed by atoms with Gasteiger partial charge >= 0.3 is 0 Å². The van der Waals surface area contributed by atoms with Crippen LogP contribution in [0.2, 0.25) is 0 Å². The average Bonchev–Trinajstić information content (AvgIpc) is 0. The van der Waals surface area contributed by atoms with Crippen molar-refractivity contribution < 1.29 is 61.2 Å². The van der Waals surface area contributed by atoms with Crippen molar-refractivity contribution in [2.24, 2.45) is 0 Å². The maximum atomic E-state index is 0. The van der Waals surface area contributed by atoms with Crippen molar-refractivity contribution in [3.05, 3.63) is 0 Å². The van der Waals surface area contributed by atoms with Crippen LogP contribution in [-0.4, -0.2) is 62.3 Å². The number of rotatable bonds is 0. The Kier molecular flexibility index (Phi) is 309. The fourth-order valence-electron chi connectivity index (χ4n) is 0. The van der Waals surface area contributed by atoms with E-state index in [1.54, 1.807) is 0 Å². The third-order valence-electron chi connectivity index (χ3n) is 0. The zero-order valence-corrected chi connectivity index (χ0v) is 16.6. The van der Waals surface area contributed by atoms with Crippen LogP contribution in [0.5, 0.6) is 0 Å². The van der Waals surface area contributed by atoms with Crippen LogP contribution in [-0.2, 0) is 61.2 Å². The molecule has 0 aromatic carbocycles. The van der Waals surface area contributed by atoms with E-state index in [1.807, 2.05) is 0 Å². The van der Waals surface area contributed by atoms with Gasteiger partial charge in [0.15, 0.2) is 0 Å². The second-order valence-electron chi connectivity index (χ2n) is 0. The number of hydrogen-bond acceptors (Lipinski definition) is 0. The van der Waals surface area contributed by atoms with E-state index in [0.717, 1.165) is 0 Å². The summed E-state index contributed by atoms with van der Waals surface area (Å²) in [6, 6.07) is 0. The molecule has 0 spiro atoms. The van der Waals surface area contributed by atoms with Gasteiger partial charge in [0.2, 0.25) is 0 Å². The van der Waals surface area contributed by atoms with Crippen LogP contribution < -0.4 is 0 Å². The maximum absolute atomic E-state index is 0. The van der Waals surface area contributed by atoms with Gasteiger partial charge in [0.1, 0.15) is 0 Å². The molecule has 0 aliphatic heterocycles. The molecule has 0 aliphatic carbocycles. The zero-order valence-electron chi connectivity index (χ0n) is 2.79. The van der Waals surface area contributed by atoms with Crippen LogP contribution in [0.25, 0.3) is 0 Å². The predicted octanol–water partition coefficient (Wildman–Crippen LogP) is -1.15. The molecule has 0 aromatic rings. The maximum Gasteiger partial charge on any atom is 0 e. The van der Waals surface area contributed by atoms with E-state index in [-0.39, 0.29) is 123 Å². The van der Waals surface area contributed by atoms with Crippen molar-refractivity contribution in [3.8, 4) is 0 Å². The first-order valence-corrected chi connectivity index (χ1v) is 0. The molecule has 0 bridgehead atoms. The van der Waals surface area contributed by atoms with Crippen LogP contribution in [0.3, 0.4) is 0 Å². The van der Waals surface area contributed by atoms with Crippen LogP contribution in [0.1, 0.15) is 0 Å². The standard InChI is InChI=1S/As.Cd.Cr.Ni.Pb.Se. The quantitative estimate of drug-likeness (QED) is 0.316. The SMILES string of the molecule is [As].[Cd].[Cr].[Ni].[Pb].[Se]. The zero-order chi connectivity index (χ0) is 0. The summed E-state index contributed by atoms with van der Waals surface area (Å²) in [5.41, 5.74) is 0. The van der Waals surface area contributed by atoms with Crippen molar-refractivity contribution >= 4 is 62.3 Å². The van der Waals surface area contributed by atoms with Crippen LogP contribution >= 0.6 is 0 Å². The van der Waals surface area contributed by atoms with E-state index in [4.69, 9.17) is 0 Å². The van der Waals surface area contributed by atoms with Gasteiger partial charge in [-0.3, -0.25) is 0 Å². The minimum atomic E-state index is 0. The molecule has 33 valence electrons. The molecule has 0 amide bonds. The van der Waals surface area contributed by atoms with Gasteiger partial charge in [0.25, 0.3) is 0 Å². The Bertz CT molecular complexity index is 15.5. The minimum Gasteiger partial charge on any atom is 0 e. The van der Waals surface area contributed by atoms with Gasteiger partial charge in [-0.1, -0.05) is 0 Å². The van der Waals surface area contributed by atoms with Gasteiger partial charge in [0.05, 0.1) is 0 Å². The van der Waals surface area contributed by atoms with Crippen LogP contribution in [0.15, 0.2) is 0 Å². The fraction of sp³-hybridized carbons (Fsp3) is 0. The first-order valence-electron chi connectivity index (χ1n) is 0. The van der Waals surface area contributed by atoms with Gasteiger partial charge in [-0.05, 0) is 0 Å². The molecule has 9 radical (unpaired) electrons. The molecule has 0 atom stereocenters. The monoisotopic (exact) mass is 587 g/mol. The Balaban J connectivity index is 0. The summed E-state index contributed by atoms with van der Waals surface area (Å²) in [6.07, 6.45) is 0. The molecule has 0 heterocycles. The largest absolute Gasteiger partial charge is 0 e. The van der Waals surface area contributed by atoms with E-state index in [2.05, 4.69) is 0 Å². The summed E-state index contributed by atoms with van der Waals surface area (Å²) in [4.78, 5) is 0. The predicted molar refractivity (Wildman–Crippen MR) is 17.3 cm³/mol. The van der Waals surface area contributed by atoms with Crippen molar-refractivity contribution in [1.82, 2.24) is 0 Å². The van der Waals surface area contributed by atoms with Gasteiger partial charge in [-0.25, -0.2) is 0 Å². The second-order valence-corrected chi connectivity index (χ2v) is 0. The molecule has 0 nitrogen and oxygen atoms in total. The van der Waals surface area contributed by atoms with Gasteiger partial charge in [0, 0.05) is 123 Å². The third kappa shape index (κ3) is 24.6. The third-order valence-corrected chi connectivity index (χ3v) is 0. The van der Waals surface area contributed by atoms with Gasteiger partial charge in [-0.2, -0.15) is 0 Å². The molecule has 0 N–H and O–H groups in total. The summed E-state index contributed by atoms with van der Waals surface area (Å²) in [7, 11) is 0. The van der Waals surface area contributed by atoms with E-state index in [1.165, 1.54) is 0 Å². The van der Waals surface area contributed by atoms with Crippen LogP contribution in [0.4, 0.5) is 0 Å². The Morgan fingerprint density at radius 1 is 1.00 bits per heavy atom. The molecular weight excluding hydrogens is 584 g/mol. The first kappa shape index (κ1) is 51.1. The van der Waals surface area contributed by atoms with Gasteiger partial charge < -0.3 is 0 Å². The second kappa shape index (κ2) is 36.3.